The van der Waals surface area contributed by atoms with E-state index in [-0.39, 0.29) is 11.8 Å². The van der Waals surface area contributed by atoms with Crippen LogP contribution in [0.25, 0.3) is 5.65 Å². The molecule has 1 aliphatic rings. The normalized spacial score (nSPS) is 17.3. The second kappa shape index (κ2) is 6.94. The van der Waals surface area contributed by atoms with Gasteiger partial charge in [0.1, 0.15) is 5.82 Å². The van der Waals surface area contributed by atoms with Gasteiger partial charge in [0.15, 0.2) is 5.65 Å². The number of fused-ring (bicyclic) bond motifs is 1. The van der Waals surface area contributed by atoms with Crippen molar-refractivity contribution in [3.8, 4) is 0 Å². The topological polar surface area (TPSA) is 79.5 Å². The van der Waals surface area contributed by atoms with Crippen molar-refractivity contribution >= 4 is 17.5 Å². The van der Waals surface area contributed by atoms with Crippen LogP contribution in [0.5, 0.6) is 0 Å². The van der Waals surface area contributed by atoms with Gasteiger partial charge in [-0.2, -0.15) is 0 Å². The second-order valence-corrected chi connectivity index (χ2v) is 7.14. The third-order valence-electron chi connectivity index (χ3n) is 5.01. The van der Waals surface area contributed by atoms with E-state index in [1.807, 2.05) is 59.6 Å². The molecule has 1 saturated heterocycles. The smallest absolute Gasteiger partial charge is 0.257 e. The van der Waals surface area contributed by atoms with Crippen molar-refractivity contribution in [1.82, 2.24) is 29.5 Å². The lowest BCUT2D eigenvalue weighted by Crippen LogP contribution is -2.40. The molecule has 0 bridgehead atoms. The summed E-state index contributed by atoms with van der Waals surface area (Å²) in [5.41, 5.74) is 2.10. The van der Waals surface area contributed by atoms with Crippen molar-refractivity contribution in [1.29, 1.82) is 0 Å². The van der Waals surface area contributed by atoms with Crippen molar-refractivity contribution in [3.63, 3.8) is 0 Å². The number of anilines is 1. The molecule has 0 aromatic carbocycles. The molecule has 140 valence electrons. The number of piperidine rings is 1. The Kier molecular flexibility index (Phi) is 4.47. The standard InChI is InChI=1S/C19H23N7O/c1-13-15(11-20-19(21-13)24(2)3)18(27)25-9-6-7-14(12-25)17-23-22-16-8-4-5-10-26(16)17/h4-5,8,10-11,14H,6-7,9,12H2,1-3H3. The molecule has 3 aromatic heterocycles. The van der Waals surface area contributed by atoms with Crippen LogP contribution in [0, 0.1) is 6.92 Å². The fourth-order valence-corrected chi connectivity index (χ4v) is 3.56. The first kappa shape index (κ1) is 17.4. The maximum absolute atomic E-state index is 13.1. The molecule has 1 unspecified atom stereocenters. The van der Waals surface area contributed by atoms with Gasteiger partial charge >= 0.3 is 0 Å². The first-order chi connectivity index (χ1) is 13.0. The van der Waals surface area contributed by atoms with E-state index in [1.54, 1.807) is 6.20 Å². The number of amides is 1. The molecular weight excluding hydrogens is 342 g/mol. The third kappa shape index (κ3) is 3.22. The average molecular weight is 365 g/mol. The molecule has 8 nitrogen and oxygen atoms in total. The molecule has 0 aliphatic carbocycles. The van der Waals surface area contributed by atoms with E-state index in [1.165, 1.54) is 0 Å². The summed E-state index contributed by atoms with van der Waals surface area (Å²) >= 11 is 0. The Morgan fingerprint density at radius 3 is 2.89 bits per heavy atom. The van der Waals surface area contributed by atoms with E-state index in [2.05, 4.69) is 20.2 Å². The predicted molar refractivity (Wildman–Crippen MR) is 102 cm³/mol. The molecule has 0 spiro atoms. The zero-order valence-corrected chi connectivity index (χ0v) is 15.8. The van der Waals surface area contributed by atoms with Gasteiger partial charge in [0, 0.05) is 45.5 Å². The molecular formula is C19H23N7O. The van der Waals surface area contributed by atoms with Crippen molar-refractivity contribution in [2.75, 3.05) is 32.1 Å². The van der Waals surface area contributed by atoms with Crippen molar-refractivity contribution < 1.29 is 4.79 Å². The summed E-state index contributed by atoms with van der Waals surface area (Å²) < 4.78 is 2.01. The molecule has 0 N–H and O–H groups in total. The maximum Gasteiger partial charge on any atom is 0.257 e. The number of carbonyl (C=O) groups is 1. The molecule has 1 atom stereocenters. The van der Waals surface area contributed by atoms with Crippen LogP contribution >= 0.6 is 0 Å². The van der Waals surface area contributed by atoms with Gasteiger partial charge in [0.05, 0.1) is 11.3 Å². The molecule has 1 fully saturated rings. The minimum atomic E-state index is -0.0173. The highest BCUT2D eigenvalue weighted by Gasteiger charge is 2.29. The zero-order chi connectivity index (χ0) is 19.0. The molecule has 8 heteroatoms. The lowest BCUT2D eigenvalue weighted by atomic mass is 9.96. The van der Waals surface area contributed by atoms with Crippen LogP contribution in [-0.2, 0) is 0 Å². The van der Waals surface area contributed by atoms with Gasteiger partial charge in [-0.3, -0.25) is 9.20 Å². The van der Waals surface area contributed by atoms with Gasteiger partial charge in [-0.1, -0.05) is 6.07 Å². The minimum Gasteiger partial charge on any atom is -0.347 e. The highest BCUT2D eigenvalue weighted by Crippen LogP contribution is 2.27. The Labute approximate surface area is 157 Å². The van der Waals surface area contributed by atoms with Crippen LogP contribution in [0.2, 0.25) is 0 Å². The van der Waals surface area contributed by atoms with Gasteiger partial charge < -0.3 is 9.80 Å². The number of aromatic nitrogens is 5. The molecule has 1 aliphatic heterocycles. The van der Waals surface area contributed by atoms with Crippen molar-refractivity contribution in [2.24, 2.45) is 0 Å². The van der Waals surface area contributed by atoms with Crippen LogP contribution in [0.15, 0.2) is 30.6 Å². The summed E-state index contributed by atoms with van der Waals surface area (Å²) in [5, 5.41) is 8.63. The van der Waals surface area contributed by atoms with Crippen LogP contribution in [0.4, 0.5) is 5.95 Å². The number of rotatable bonds is 3. The largest absolute Gasteiger partial charge is 0.347 e. The summed E-state index contributed by atoms with van der Waals surface area (Å²) in [6, 6.07) is 5.86. The predicted octanol–water partition coefficient (Wildman–Crippen LogP) is 1.91. The van der Waals surface area contributed by atoms with Gasteiger partial charge in [-0.15, -0.1) is 10.2 Å². The summed E-state index contributed by atoms with van der Waals surface area (Å²) in [6.07, 6.45) is 5.54. The van der Waals surface area contributed by atoms with Crippen LogP contribution in [-0.4, -0.2) is 62.6 Å². The Morgan fingerprint density at radius 2 is 2.11 bits per heavy atom. The first-order valence-electron chi connectivity index (χ1n) is 9.14. The quantitative estimate of drug-likeness (QED) is 0.705. The summed E-state index contributed by atoms with van der Waals surface area (Å²) in [5.74, 6) is 1.67. The van der Waals surface area contributed by atoms with Gasteiger partial charge in [0.2, 0.25) is 5.95 Å². The number of aryl methyl sites for hydroxylation is 1. The van der Waals surface area contributed by atoms with Gasteiger partial charge in [-0.25, -0.2) is 9.97 Å². The average Bonchev–Trinajstić information content (AvgIpc) is 3.11. The summed E-state index contributed by atoms with van der Waals surface area (Å²) in [7, 11) is 3.77. The Hall–Kier alpha value is -3.03. The van der Waals surface area contributed by atoms with Crippen LogP contribution in [0.1, 0.15) is 40.6 Å². The maximum atomic E-state index is 13.1. The highest BCUT2D eigenvalue weighted by molar-refractivity contribution is 5.95. The van der Waals surface area contributed by atoms with Crippen LogP contribution in [0.3, 0.4) is 0 Å². The lowest BCUT2D eigenvalue weighted by Gasteiger charge is -2.32. The fourth-order valence-electron chi connectivity index (χ4n) is 3.56. The number of hydrogen-bond acceptors (Lipinski definition) is 6. The molecule has 4 rings (SSSR count). The molecule has 3 aromatic rings. The summed E-state index contributed by atoms with van der Waals surface area (Å²) in [4.78, 5) is 25.5. The van der Waals surface area contributed by atoms with Crippen LogP contribution < -0.4 is 4.90 Å². The Bertz CT molecular complexity index is 981. The van der Waals surface area contributed by atoms with E-state index in [0.717, 1.165) is 30.9 Å². The molecule has 0 radical (unpaired) electrons. The Morgan fingerprint density at radius 1 is 1.26 bits per heavy atom. The fraction of sp³-hybridized carbons (Fsp3) is 0.421. The molecule has 27 heavy (non-hydrogen) atoms. The van der Waals surface area contributed by atoms with E-state index < -0.39 is 0 Å². The zero-order valence-electron chi connectivity index (χ0n) is 15.8. The van der Waals surface area contributed by atoms with E-state index >= 15 is 0 Å². The van der Waals surface area contributed by atoms with E-state index in [0.29, 0.717) is 23.8 Å². The number of likely N-dealkylation sites (tertiary alicyclic amines) is 1. The molecule has 0 saturated carbocycles. The summed E-state index contributed by atoms with van der Waals surface area (Å²) in [6.45, 7) is 3.22. The number of pyridine rings is 1. The SMILES string of the molecule is Cc1nc(N(C)C)ncc1C(=O)N1CCCC(c2nnc3ccccn23)C1. The second-order valence-electron chi connectivity index (χ2n) is 7.14. The first-order valence-corrected chi connectivity index (χ1v) is 9.14. The number of hydrogen-bond donors (Lipinski definition) is 0. The van der Waals surface area contributed by atoms with E-state index in [9.17, 15) is 4.79 Å². The monoisotopic (exact) mass is 365 g/mol. The van der Waals surface area contributed by atoms with Crippen molar-refractivity contribution in [2.45, 2.75) is 25.7 Å². The highest BCUT2D eigenvalue weighted by atomic mass is 16.2. The number of nitrogens with zero attached hydrogens (tertiary/aromatic N) is 7. The Balaban J connectivity index is 1.57. The molecule has 4 heterocycles. The minimum absolute atomic E-state index is 0.0173. The third-order valence-corrected chi connectivity index (χ3v) is 5.01. The number of carbonyl (C=O) groups excluding carboxylic acids is 1. The van der Waals surface area contributed by atoms with E-state index in [4.69, 9.17) is 0 Å². The lowest BCUT2D eigenvalue weighted by molar-refractivity contribution is 0.0702. The van der Waals surface area contributed by atoms with Crippen molar-refractivity contribution in [3.05, 3.63) is 47.7 Å². The van der Waals surface area contributed by atoms with Gasteiger partial charge in [-0.05, 0) is 31.9 Å². The molecule has 1 amide bonds. The van der Waals surface area contributed by atoms with Gasteiger partial charge in [0.25, 0.3) is 5.91 Å².